The van der Waals surface area contributed by atoms with E-state index in [2.05, 4.69) is 53.3 Å². The molecule has 1 fully saturated rings. The summed E-state index contributed by atoms with van der Waals surface area (Å²) in [5.41, 5.74) is 0. The Labute approximate surface area is 397 Å². The third kappa shape index (κ3) is 33.4. The molecule has 1 rings (SSSR count). The van der Waals surface area contributed by atoms with Gasteiger partial charge in [0.2, 0.25) is 0 Å². The first-order chi connectivity index (χ1) is 31.8. The van der Waals surface area contributed by atoms with Crippen molar-refractivity contribution in [1.82, 2.24) is 0 Å². The molecule has 8 atom stereocenters. The van der Waals surface area contributed by atoms with E-state index in [4.69, 9.17) is 18.5 Å². The largest absolute Gasteiger partial charge is 0.472 e. The van der Waals surface area contributed by atoms with Crippen LogP contribution in [0.2, 0.25) is 0 Å². The first-order valence-corrected chi connectivity index (χ1v) is 28.5. The highest BCUT2D eigenvalue weighted by molar-refractivity contribution is 7.47. The average Bonchev–Trinajstić information content (AvgIpc) is 3.25. The summed E-state index contributed by atoms with van der Waals surface area (Å²) in [6.07, 6.45) is 22.8. The minimum Gasteiger partial charge on any atom is -0.462 e. The van der Waals surface area contributed by atoms with Crippen molar-refractivity contribution in [3.63, 3.8) is 0 Å². The maximum absolute atomic E-state index is 13.1. The Morgan fingerprint density at radius 2 is 0.896 bits per heavy atom. The Bertz CT molecular complexity index is 1590. The number of rotatable bonds is 40. The van der Waals surface area contributed by atoms with Crippen LogP contribution in [0.1, 0.15) is 168 Å². The zero-order valence-electron chi connectivity index (χ0n) is 39.5. The van der Waals surface area contributed by atoms with E-state index < -0.39 is 91.3 Å². The maximum atomic E-state index is 13.1. The lowest BCUT2D eigenvalue weighted by Gasteiger charge is -2.44. The van der Waals surface area contributed by atoms with Gasteiger partial charge in [-0.2, -0.15) is 0 Å². The van der Waals surface area contributed by atoms with Crippen molar-refractivity contribution in [3.8, 4) is 0 Å². The number of carbonyl (C=O) groups is 2. The fourth-order valence-electron chi connectivity index (χ4n) is 7.05. The van der Waals surface area contributed by atoms with Crippen LogP contribution in [0.3, 0.4) is 0 Å². The molecule has 0 heterocycles. The third-order valence-corrected chi connectivity index (χ3v) is 12.6. The van der Waals surface area contributed by atoms with E-state index in [-0.39, 0.29) is 12.8 Å². The SMILES string of the molecule is CCC/C=C\C/C=C\C/C=C\C/C=C\CCCC(=O)OC(COC(=O)CCCCCCCCCCCCCCCCC)COP(=O)(O)O[C@@H]1[C@H](O)[C@H](O)[C@@H](OP(=O)(O)O)[C@H](OP(=O)(O)O)[C@H]1O. The van der Waals surface area contributed by atoms with Crippen LogP contribution >= 0.6 is 23.5 Å². The van der Waals surface area contributed by atoms with Crippen molar-refractivity contribution in [2.24, 2.45) is 0 Å². The van der Waals surface area contributed by atoms with Gasteiger partial charge in [0.15, 0.2) is 6.10 Å². The molecule has 0 aromatic rings. The fraction of sp³-hybridized carbons (Fsp3) is 0.778. The Hall–Kier alpha value is -1.89. The van der Waals surface area contributed by atoms with Crippen molar-refractivity contribution < 1.29 is 90.6 Å². The summed E-state index contributed by atoms with van der Waals surface area (Å²) >= 11 is 0. The molecule has 19 nitrogen and oxygen atoms in total. The molecule has 0 aromatic heterocycles. The topological polar surface area (TPSA) is 303 Å². The third-order valence-electron chi connectivity index (χ3n) is 10.6. The zero-order valence-corrected chi connectivity index (χ0v) is 42.1. The molecule has 0 bridgehead atoms. The Morgan fingerprint density at radius 1 is 0.478 bits per heavy atom. The number of allylic oxidation sites excluding steroid dienone is 8. The lowest BCUT2D eigenvalue weighted by Crippen LogP contribution is -2.65. The molecular formula is C45H81O19P3. The lowest BCUT2D eigenvalue weighted by atomic mass is 9.85. The molecule has 0 aromatic carbocycles. The van der Waals surface area contributed by atoms with Crippen molar-refractivity contribution in [3.05, 3.63) is 48.6 Å². The maximum Gasteiger partial charge on any atom is 0.472 e. The number of aliphatic hydroxyl groups excluding tert-OH is 3. The molecule has 0 aliphatic heterocycles. The molecule has 0 saturated heterocycles. The summed E-state index contributed by atoms with van der Waals surface area (Å²) in [7, 11) is -16.6. The number of ether oxygens (including phenoxy) is 2. The minimum absolute atomic E-state index is 0.0701. The molecule has 1 saturated carbocycles. The van der Waals surface area contributed by atoms with E-state index in [9.17, 15) is 63.1 Å². The van der Waals surface area contributed by atoms with Gasteiger partial charge in [-0.15, -0.1) is 0 Å². The molecule has 0 radical (unpaired) electrons. The van der Waals surface area contributed by atoms with Crippen molar-refractivity contribution in [2.75, 3.05) is 13.2 Å². The molecule has 0 amide bonds. The van der Waals surface area contributed by atoms with E-state index in [1.165, 1.54) is 64.2 Å². The van der Waals surface area contributed by atoms with Gasteiger partial charge in [0.25, 0.3) is 0 Å². The second kappa shape index (κ2) is 37.0. The molecule has 1 aliphatic rings. The van der Waals surface area contributed by atoms with Gasteiger partial charge in [-0.1, -0.05) is 159 Å². The molecule has 67 heavy (non-hydrogen) atoms. The predicted octanol–water partition coefficient (Wildman–Crippen LogP) is 8.62. The van der Waals surface area contributed by atoms with Crippen LogP contribution in [0.4, 0.5) is 0 Å². The van der Waals surface area contributed by atoms with Crippen LogP contribution in [0.15, 0.2) is 48.6 Å². The molecule has 1 aliphatic carbocycles. The van der Waals surface area contributed by atoms with E-state index >= 15 is 0 Å². The van der Waals surface area contributed by atoms with Gasteiger partial charge in [0, 0.05) is 12.8 Å². The molecule has 2 unspecified atom stereocenters. The smallest absolute Gasteiger partial charge is 0.462 e. The number of hydrogen-bond acceptors (Lipinski definition) is 14. The van der Waals surface area contributed by atoms with E-state index in [0.29, 0.717) is 25.7 Å². The average molecular weight is 1020 g/mol. The highest BCUT2D eigenvalue weighted by atomic mass is 31.2. The number of esters is 2. The quantitative estimate of drug-likeness (QED) is 0.0123. The van der Waals surface area contributed by atoms with Crippen LogP contribution in [-0.4, -0.2) is 108 Å². The van der Waals surface area contributed by atoms with Crippen LogP contribution in [-0.2, 0) is 50.9 Å². The Kier molecular flexibility index (Phi) is 34.8. The first-order valence-electron chi connectivity index (χ1n) is 23.9. The normalized spacial score (nSPS) is 22.0. The molecular weight excluding hydrogens is 937 g/mol. The van der Waals surface area contributed by atoms with Gasteiger partial charge in [0.1, 0.15) is 43.2 Å². The van der Waals surface area contributed by atoms with E-state index in [1.807, 2.05) is 18.2 Å². The van der Waals surface area contributed by atoms with Crippen LogP contribution in [0, 0.1) is 0 Å². The Balaban J connectivity index is 2.77. The summed E-state index contributed by atoms with van der Waals surface area (Å²) in [5, 5.41) is 31.9. The predicted molar refractivity (Wildman–Crippen MR) is 252 cm³/mol. The van der Waals surface area contributed by atoms with Crippen LogP contribution < -0.4 is 0 Å². The number of hydrogen-bond donors (Lipinski definition) is 8. The van der Waals surface area contributed by atoms with Crippen LogP contribution in [0.25, 0.3) is 0 Å². The number of aliphatic hydroxyl groups is 3. The zero-order chi connectivity index (χ0) is 50.0. The fourth-order valence-corrected chi connectivity index (χ4v) is 9.15. The monoisotopic (exact) mass is 1020 g/mol. The highest BCUT2D eigenvalue weighted by Gasteiger charge is 2.56. The van der Waals surface area contributed by atoms with Crippen LogP contribution in [0.5, 0.6) is 0 Å². The minimum atomic E-state index is -5.61. The van der Waals surface area contributed by atoms with Gasteiger partial charge < -0.3 is 49.3 Å². The number of phosphoric ester groups is 3. The van der Waals surface area contributed by atoms with Gasteiger partial charge in [0.05, 0.1) is 6.61 Å². The summed E-state index contributed by atoms with van der Waals surface area (Å²) in [6.45, 7) is 2.83. The second-order valence-electron chi connectivity index (χ2n) is 16.7. The Morgan fingerprint density at radius 3 is 1.37 bits per heavy atom. The molecule has 390 valence electrons. The summed E-state index contributed by atoms with van der Waals surface area (Å²) in [4.78, 5) is 73.2. The lowest BCUT2D eigenvalue weighted by molar-refractivity contribution is -0.213. The van der Waals surface area contributed by atoms with Crippen molar-refractivity contribution >= 4 is 35.4 Å². The summed E-state index contributed by atoms with van der Waals surface area (Å²) < 4.78 is 65.4. The van der Waals surface area contributed by atoms with Gasteiger partial charge in [-0.3, -0.25) is 27.7 Å². The second-order valence-corrected chi connectivity index (χ2v) is 20.5. The van der Waals surface area contributed by atoms with Crippen molar-refractivity contribution in [2.45, 2.75) is 211 Å². The summed E-state index contributed by atoms with van der Waals surface area (Å²) in [6, 6.07) is 0. The number of unbranched alkanes of at least 4 members (excludes halogenated alkanes) is 16. The van der Waals surface area contributed by atoms with E-state index in [0.717, 1.165) is 51.4 Å². The standard InChI is InChI=1S/C45H81O19P3/c1-3-5-7-9-11-13-15-17-19-21-23-25-27-29-31-33-38(46)59-35-37(61-39(47)34-32-30-28-26-24-22-20-18-16-14-12-10-8-6-4-2)36-60-67(57,58)64-43-40(48)41(49)44(62-65(51,52)53)45(42(43)50)63-66(54,55)56/h8,10,14,16,20,22,26,28,37,40-45,48-50H,3-7,9,11-13,15,17-19,21,23-25,27,29-36H2,1-2H3,(H,57,58)(H2,51,52,53)(H2,54,55,56)/b10-8-,16-14-,22-20-,28-26-/t37?,40-,41+,42+,43-,44-,45-/m1/s1. The number of phosphoric acid groups is 3. The molecule has 0 spiro atoms. The van der Waals surface area contributed by atoms with Gasteiger partial charge in [-0.05, 0) is 44.9 Å². The van der Waals surface area contributed by atoms with Gasteiger partial charge in [-0.25, -0.2) is 13.7 Å². The summed E-state index contributed by atoms with van der Waals surface area (Å²) in [5.74, 6) is -1.36. The van der Waals surface area contributed by atoms with Gasteiger partial charge >= 0.3 is 35.4 Å². The number of carbonyl (C=O) groups excluding carboxylic acids is 2. The van der Waals surface area contributed by atoms with Crippen molar-refractivity contribution in [1.29, 1.82) is 0 Å². The van der Waals surface area contributed by atoms with E-state index in [1.54, 1.807) is 0 Å². The molecule has 22 heteroatoms. The molecule has 8 N–H and O–H groups in total. The first kappa shape index (κ1) is 63.1. The highest BCUT2D eigenvalue weighted by Crippen LogP contribution is 2.51.